The summed E-state index contributed by atoms with van der Waals surface area (Å²) in [6.07, 6.45) is 0. The van der Waals surface area contributed by atoms with Crippen LogP contribution in [0, 0.1) is 0 Å². The summed E-state index contributed by atoms with van der Waals surface area (Å²) in [6, 6.07) is 9.52. The fourth-order valence-corrected chi connectivity index (χ4v) is 4.29. The molecule has 0 bridgehead atoms. The number of hydrogen-bond acceptors (Lipinski definition) is 4. The third-order valence-corrected chi connectivity index (χ3v) is 5.40. The minimum atomic E-state index is -3.66. The number of ether oxygens (including phenoxy) is 1. The van der Waals surface area contributed by atoms with E-state index in [2.05, 4.69) is 4.99 Å². The highest BCUT2D eigenvalue weighted by Gasteiger charge is 2.33. The maximum atomic E-state index is 12.5. The van der Waals surface area contributed by atoms with Crippen molar-refractivity contribution in [1.82, 2.24) is 0 Å². The van der Waals surface area contributed by atoms with Gasteiger partial charge in [0.2, 0.25) is 9.84 Å². The number of methoxy groups -OCH3 is 1. The van der Waals surface area contributed by atoms with E-state index in [1.54, 1.807) is 18.2 Å². The van der Waals surface area contributed by atoms with Gasteiger partial charge in [0.05, 0.1) is 27.7 Å². The molecule has 0 unspecified atom stereocenters. The summed E-state index contributed by atoms with van der Waals surface area (Å²) in [5.41, 5.74) is 0.748. The van der Waals surface area contributed by atoms with Crippen molar-refractivity contribution in [3.63, 3.8) is 0 Å². The van der Waals surface area contributed by atoms with Crippen LogP contribution in [0.15, 0.2) is 46.3 Å². The zero-order chi connectivity index (χ0) is 15.2. The third kappa shape index (κ3) is 2.21. The lowest BCUT2D eigenvalue weighted by Gasteiger charge is -2.08. The van der Waals surface area contributed by atoms with Gasteiger partial charge in [0.15, 0.2) is 10.8 Å². The fraction of sp³-hybridized carbons (Fsp3) is 0.0714. The normalized spacial score (nSPS) is 15.5. The predicted octanol–water partition coefficient (Wildman–Crippen LogP) is 3.87. The number of para-hydroxylation sites is 1. The van der Waals surface area contributed by atoms with E-state index in [-0.39, 0.29) is 20.0 Å². The lowest BCUT2D eigenvalue weighted by molar-refractivity contribution is 0.415. The van der Waals surface area contributed by atoms with Gasteiger partial charge in [-0.2, -0.15) is 0 Å². The van der Waals surface area contributed by atoms with Crippen LogP contribution in [0.1, 0.15) is 5.56 Å². The first-order chi connectivity index (χ1) is 9.95. The van der Waals surface area contributed by atoms with E-state index in [1.165, 1.54) is 25.3 Å². The van der Waals surface area contributed by atoms with Crippen LogP contribution < -0.4 is 4.74 Å². The summed E-state index contributed by atoms with van der Waals surface area (Å²) in [5.74, 6) is 0.301. The Morgan fingerprint density at radius 3 is 2.29 bits per heavy atom. The molecule has 2 aromatic carbocycles. The van der Waals surface area contributed by atoms with Crippen molar-refractivity contribution in [2.24, 2.45) is 4.99 Å². The second-order valence-corrected chi connectivity index (χ2v) is 7.01. The van der Waals surface area contributed by atoms with Gasteiger partial charge in [-0.15, -0.1) is 0 Å². The minimum absolute atomic E-state index is 0.0600. The predicted molar refractivity (Wildman–Crippen MR) is 82.8 cm³/mol. The monoisotopic (exact) mass is 341 g/mol. The van der Waals surface area contributed by atoms with Crippen LogP contribution in [0.3, 0.4) is 0 Å². The fourth-order valence-electron chi connectivity index (χ4n) is 2.15. The van der Waals surface area contributed by atoms with Gasteiger partial charge in [0.25, 0.3) is 0 Å². The van der Waals surface area contributed by atoms with Crippen LogP contribution in [-0.4, -0.2) is 20.6 Å². The molecule has 1 aliphatic rings. The topological polar surface area (TPSA) is 55.7 Å². The SMILES string of the molecule is COc1c(Cl)cc(C2=Nc3ccccc3S2(=O)=O)cc1Cl. The van der Waals surface area contributed by atoms with E-state index in [4.69, 9.17) is 27.9 Å². The first-order valence-electron chi connectivity index (χ1n) is 5.91. The van der Waals surface area contributed by atoms with Crippen LogP contribution in [0.2, 0.25) is 10.0 Å². The first kappa shape index (κ1) is 14.4. The second kappa shape index (κ2) is 5.02. The van der Waals surface area contributed by atoms with Crippen molar-refractivity contribution in [1.29, 1.82) is 0 Å². The van der Waals surface area contributed by atoms with Gasteiger partial charge in [-0.1, -0.05) is 35.3 Å². The number of halogens is 2. The summed E-state index contributed by atoms with van der Waals surface area (Å²) in [7, 11) is -2.22. The highest BCUT2D eigenvalue weighted by Crippen LogP contribution is 2.39. The zero-order valence-electron chi connectivity index (χ0n) is 10.8. The lowest BCUT2D eigenvalue weighted by Crippen LogP contribution is -2.12. The van der Waals surface area contributed by atoms with Gasteiger partial charge in [-0.05, 0) is 24.3 Å². The Labute approximate surface area is 131 Å². The van der Waals surface area contributed by atoms with Crippen molar-refractivity contribution in [2.75, 3.05) is 7.11 Å². The van der Waals surface area contributed by atoms with Gasteiger partial charge in [0.1, 0.15) is 0 Å². The Morgan fingerprint density at radius 1 is 1.10 bits per heavy atom. The molecule has 0 spiro atoms. The van der Waals surface area contributed by atoms with Crippen molar-refractivity contribution in [3.05, 3.63) is 52.0 Å². The van der Waals surface area contributed by atoms with Crippen LogP contribution in [-0.2, 0) is 9.84 Å². The van der Waals surface area contributed by atoms with E-state index in [0.29, 0.717) is 17.0 Å². The molecular weight excluding hydrogens is 333 g/mol. The Morgan fingerprint density at radius 2 is 1.71 bits per heavy atom. The van der Waals surface area contributed by atoms with Gasteiger partial charge >= 0.3 is 0 Å². The molecule has 4 nitrogen and oxygen atoms in total. The van der Waals surface area contributed by atoms with E-state index in [9.17, 15) is 8.42 Å². The molecule has 0 fully saturated rings. The van der Waals surface area contributed by atoms with Gasteiger partial charge in [-0.3, -0.25) is 0 Å². The molecule has 1 aliphatic heterocycles. The number of aliphatic imine (C=N–C) groups is 1. The van der Waals surface area contributed by atoms with E-state index in [1.807, 2.05) is 0 Å². The Bertz CT molecular complexity index is 853. The molecule has 0 saturated carbocycles. The average molecular weight is 342 g/mol. The van der Waals surface area contributed by atoms with E-state index in [0.717, 1.165) is 0 Å². The molecule has 0 aromatic heterocycles. The molecule has 0 radical (unpaired) electrons. The number of nitrogens with zero attached hydrogens (tertiary/aromatic N) is 1. The molecule has 1 heterocycles. The summed E-state index contributed by atoms with van der Waals surface area (Å²) >= 11 is 12.1. The highest BCUT2D eigenvalue weighted by molar-refractivity contribution is 8.07. The summed E-state index contributed by atoms with van der Waals surface area (Å²) in [4.78, 5) is 4.37. The molecule has 21 heavy (non-hydrogen) atoms. The Hall–Kier alpha value is -1.56. The molecule has 0 amide bonds. The molecule has 108 valence electrons. The van der Waals surface area contributed by atoms with Crippen LogP contribution in [0.25, 0.3) is 0 Å². The number of benzene rings is 2. The molecule has 2 aromatic rings. The summed E-state index contributed by atoms with van der Waals surface area (Å²) in [6.45, 7) is 0. The van der Waals surface area contributed by atoms with Gasteiger partial charge in [-0.25, -0.2) is 13.4 Å². The van der Waals surface area contributed by atoms with Crippen molar-refractivity contribution in [2.45, 2.75) is 4.90 Å². The van der Waals surface area contributed by atoms with Gasteiger partial charge < -0.3 is 4.74 Å². The minimum Gasteiger partial charge on any atom is -0.494 e. The first-order valence-corrected chi connectivity index (χ1v) is 8.15. The molecule has 0 N–H and O–H groups in total. The van der Waals surface area contributed by atoms with E-state index >= 15 is 0 Å². The zero-order valence-corrected chi connectivity index (χ0v) is 13.1. The van der Waals surface area contributed by atoms with Crippen molar-refractivity contribution in [3.8, 4) is 5.75 Å². The summed E-state index contributed by atoms with van der Waals surface area (Å²) < 4.78 is 30.1. The number of rotatable bonds is 2. The number of fused-ring (bicyclic) bond motifs is 1. The van der Waals surface area contributed by atoms with Crippen LogP contribution >= 0.6 is 23.2 Å². The number of sulfone groups is 1. The average Bonchev–Trinajstić information content (AvgIpc) is 2.71. The van der Waals surface area contributed by atoms with Crippen LogP contribution in [0.4, 0.5) is 5.69 Å². The molecule has 7 heteroatoms. The van der Waals surface area contributed by atoms with Crippen LogP contribution in [0.5, 0.6) is 5.75 Å². The van der Waals surface area contributed by atoms with Crippen molar-refractivity contribution < 1.29 is 13.2 Å². The lowest BCUT2D eigenvalue weighted by atomic mass is 10.2. The standard InChI is InChI=1S/C14H9Cl2NO3S/c1-20-13-9(15)6-8(7-10(13)16)14-17-11-4-2-3-5-12(11)21(14,18)19/h2-7H,1H3. The Kier molecular flexibility index (Phi) is 3.43. The third-order valence-electron chi connectivity index (χ3n) is 3.08. The Balaban J connectivity index is 2.20. The van der Waals surface area contributed by atoms with E-state index < -0.39 is 9.84 Å². The molecule has 0 aliphatic carbocycles. The maximum Gasteiger partial charge on any atom is 0.226 e. The van der Waals surface area contributed by atoms with Crippen molar-refractivity contribution >= 4 is 43.8 Å². The quantitative estimate of drug-likeness (QED) is 0.833. The number of hydrogen-bond donors (Lipinski definition) is 0. The largest absolute Gasteiger partial charge is 0.494 e. The molecular formula is C14H9Cl2NO3S. The smallest absolute Gasteiger partial charge is 0.226 e. The molecule has 0 saturated heterocycles. The van der Waals surface area contributed by atoms with Gasteiger partial charge in [0, 0.05) is 5.56 Å². The molecule has 0 atom stereocenters. The maximum absolute atomic E-state index is 12.5. The highest BCUT2D eigenvalue weighted by atomic mass is 35.5. The molecule has 3 rings (SSSR count). The second-order valence-electron chi connectivity index (χ2n) is 4.36. The summed E-state index contributed by atoms with van der Waals surface area (Å²) in [5, 5.41) is 0.401.